The van der Waals surface area contributed by atoms with Gasteiger partial charge < -0.3 is 4.90 Å². The van der Waals surface area contributed by atoms with Crippen LogP contribution in [0.4, 0.5) is 5.69 Å². The van der Waals surface area contributed by atoms with Gasteiger partial charge in [-0.2, -0.15) is 0 Å². The number of fused-ring (bicyclic) bond motifs is 1. The van der Waals surface area contributed by atoms with Crippen molar-refractivity contribution in [1.82, 2.24) is 0 Å². The maximum atomic E-state index is 11.9. The van der Waals surface area contributed by atoms with Gasteiger partial charge in [0.25, 0.3) is 5.24 Å². The van der Waals surface area contributed by atoms with Crippen molar-refractivity contribution in [1.29, 1.82) is 0 Å². The van der Waals surface area contributed by atoms with Crippen LogP contribution in [0.15, 0.2) is 23.1 Å². The van der Waals surface area contributed by atoms with Gasteiger partial charge in [-0.1, -0.05) is 0 Å². The summed E-state index contributed by atoms with van der Waals surface area (Å²) >= 11 is 6.95. The van der Waals surface area contributed by atoms with Gasteiger partial charge in [0.15, 0.2) is 0 Å². The van der Waals surface area contributed by atoms with Crippen molar-refractivity contribution < 1.29 is 9.59 Å². The minimum atomic E-state index is -0.500. The van der Waals surface area contributed by atoms with E-state index in [9.17, 15) is 9.59 Å². The third-order valence-corrected chi connectivity index (χ3v) is 3.85. The van der Waals surface area contributed by atoms with Crippen LogP contribution in [0.2, 0.25) is 0 Å². The lowest BCUT2D eigenvalue weighted by Gasteiger charge is -2.32. The lowest BCUT2D eigenvalue weighted by atomic mass is 10.1. The molecular formula is C12H12ClNO2S. The fourth-order valence-corrected chi connectivity index (χ4v) is 2.86. The number of hydrogen-bond acceptors (Lipinski definition) is 3. The molecule has 0 unspecified atom stereocenters. The van der Waals surface area contributed by atoms with Crippen molar-refractivity contribution in [2.75, 3.05) is 10.7 Å². The first-order valence-corrected chi connectivity index (χ1v) is 6.66. The maximum Gasteiger partial charge on any atom is 0.252 e. The summed E-state index contributed by atoms with van der Waals surface area (Å²) in [6, 6.07) is 5.30. The zero-order valence-electron chi connectivity index (χ0n) is 9.57. The average Bonchev–Trinajstić information content (AvgIpc) is 2.27. The summed E-state index contributed by atoms with van der Waals surface area (Å²) in [6.45, 7) is 3.90. The zero-order valence-corrected chi connectivity index (χ0v) is 11.1. The van der Waals surface area contributed by atoms with Crippen molar-refractivity contribution in [3.8, 4) is 0 Å². The van der Waals surface area contributed by atoms with E-state index >= 15 is 0 Å². The van der Waals surface area contributed by atoms with E-state index in [0.717, 1.165) is 10.6 Å². The summed E-state index contributed by atoms with van der Waals surface area (Å²) in [5.74, 6) is 0.510. The van der Waals surface area contributed by atoms with Crippen molar-refractivity contribution in [3.63, 3.8) is 0 Å². The molecule has 0 aliphatic carbocycles. The van der Waals surface area contributed by atoms with E-state index in [0.29, 0.717) is 11.3 Å². The highest BCUT2D eigenvalue weighted by Crippen LogP contribution is 2.37. The van der Waals surface area contributed by atoms with Gasteiger partial charge in [0.05, 0.1) is 11.4 Å². The molecule has 0 aromatic heterocycles. The Morgan fingerprint density at radius 3 is 2.76 bits per heavy atom. The predicted molar refractivity (Wildman–Crippen MR) is 70.0 cm³/mol. The van der Waals surface area contributed by atoms with E-state index in [1.807, 2.05) is 19.9 Å². The molecule has 0 bridgehead atoms. The van der Waals surface area contributed by atoms with Crippen LogP contribution >= 0.6 is 23.4 Å². The molecule has 0 saturated heterocycles. The number of anilines is 1. The molecule has 1 heterocycles. The molecule has 0 radical (unpaired) electrons. The molecule has 1 amide bonds. The molecule has 90 valence electrons. The van der Waals surface area contributed by atoms with Gasteiger partial charge in [-0.3, -0.25) is 9.59 Å². The zero-order chi connectivity index (χ0) is 12.6. The third-order valence-electron chi connectivity index (χ3n) is 2.58. The summed E-state index contributed by atoms with van der Waals surface area (Å²) in [4.78, 5) is 25.7. The maximum absolute atomic E-state index is 11.9. The van der Waals surface area contributed by atoms with Crippen molar-refractivity contribution >= 4 is 40.2 Å². The highest BCUT2D eigenvalue weighted by atomic mass is 35.5. The number of carbonyl (C=O) groups is 2. The first kappa shape index (κ1) is 12.5. The van der Waals surface area contributed by atoms with Gasteiger partial charge >= 0.3 is 0 Å². The molecule has 0 spiro atoms. The number of hydrogen-bond donors (Lipinski definition) is 0. The minimum Gasteiger partial charge on any atom is -0.308 e. The van der Waals surface area contributed by atoms with Gasteiger partial charge in [-0.15, -0.1) is 11.8 Å². The van der Waals surface area contributed by atoms with Crippen LogP contribution in [0.5, 0.6) is 0 Å². The van der Waals surface area contributed by atoms with Crippen LogP contribution in [0.1, 0.15) is 24.2 Å². The monoisotopic (exact) mass is 269 g/mol. The number of rotatable bonds is 2. The smallest absolute Gasteiger partial charge is 0.252 e. The van der Waals surface area contributed by atoms with Crippen LogP contribution < -0.4 is 4.90 Å². The molecule has 0 N–H and O–H groups in total. The van der Waals surface area contributed by atoms with Gasteiger partial charge in [-0.25, -0.2) is 0 Å². The van der Waals surface area contributed by atoms with E-state index < -0.39 is 5.24 Å². The Labute approximate surface area is 109 Å². The summed E-state index contributed by atoms with van der Waals surface area (Å²) in [6.07, 6.45) is 0. The molecule has 1 aromatic carbocycles. The normalized spacial score (nSPS) is 15.1. The van der Waals surface area contributed by atoms with Crippen molar-refractivity contribution in [2.24, 2.45) is 0 Å². The second-order valence-corrected chi connectivity index (χ2v) is 5.46. The van der Waals surface area contributed by atoms with E-state index in [1.54, 1.807) is 17.0 Å². The second kappa shape index (κ2) is 4.70. The Balaban J connectivity index is 2.52. The van der Waals surface area contributed by atoms with Crippen molar-refractivity contribution in [3.05, 3.63) is 23.8 Å². The molecule has 0 fully saturated rings. The van der Waals surface area contributed by atoms with Crippen molar-refractivity contribution in [2.45, 2.75) is 24.8 Å². The van der Waals surface area contributed by atoms with Gasteiger partial charge in [-0.05, 0) is 43.6 Å². The Morgan fingerprint density at radius 1 is 1.47 bits per heavy atom. The van der Waals surface area contributed by atoms with Gasteiger partial charge in [0.1, 0.15) is 0 Å². The molecule has 0 atom stereocenters. The third kappa shape index (κ3) is 2.33. The summed E-state index contributed by atoms with van der Waals surface area (Å²) in [7, 11) is 0. The van der Waals surface area contributed by atoms with Gasteiger partial charge in [0, 0.05) is 16.5 Å². The Hall–Kier alpha value is -1.00. The largest absolute Gasteiger partial charge is 0.308 e. The highest BCUT2D eigenvalue weighted by Gasteiger charge is 2.27. The molecule has 1 aliphatic rings. The Kier molecular flexibility index (Phi) is 3.45. The number of carbonyl (C=O) groups excluding carboxylic acids is 2. The molecule has 2 rings (SSSR count). The molecule has 1 aliphatic heterocycles. The second-order valence-electron chi connectivity index (χ2n) is 4.10. The molecule has 3 nitrogen and oxygen atoms in total. The van der Waals surface area contributed by atoms with E-state index in [-0.39, 0.29) is 11.9 Å². The van der Waals surface area contributed by atoms with Gasteiger partial charge in [0.2, 0.25) is 5.91 Å². The van der Waals surface area contributed by atoms with Crippen LogP contribution in [-0.2, 0) is 4.79 Å². The summed E-state index contributed by atoms with van der Waals surface area (Å²) in [5, 5.41) is -0.500. The number of benzene rings is 1. The lowest BCUT2D eigenvalue weighted by molar-refractivity contribution is -0.116. The minimum absolute atomic E-state index is 0.0664. The predicted octanol–water partition coefficient (Wildman–Crippen LogP) is 2.91. The van der Waals surface area contributed by atoms with E-state index in [2.05, 4.69) is 0 Å². The number of halogens is 1. The first-order valence-electron chi connectivity index (χ1n) is 5.29. The van der Waals surface area contributed by atoms with Crippen LogP contribution in [0, 0.1) is 0 Å². The first-order chi connectivity index (χ1) is 8.00. The van der Waals surface area contributed by atoms with Crippen LogP contribution in [0.25, 0.3) is 0 Å². The fraction of sp³-hybridized carbons (Fsp3) is 0.333. The van der Waals surface area contributed by atoms with Crippen LogP contribution in [0.3, 0.4) is 0 Å². The average molecular weight is 270 g/mol. The SMILES string of the molecule is CC(C)N1C(=O)CSc2ccc(C(=O)Cl)cc21. The Bertz CT molecular complexity index is 487. The Morgan fingerprint density at radius 2 is 2.18 bits per heavy atom. The quantitative estimate of drug-likeness (QED) is 0.775. The van der Waals surface area contributed by atoms with E-state index in [4.69, 9.17) is 11.6 Å². The van der Waals surface area contributed by atoms with E-state index in [1.165, 1.54) is 11.8 Å². The molecular weight excluding hydrogens is 258 g/mol. The fourth-order valence-electron chi connectivity index (χ4n) is 1.86. The molecule has 1 aromatic rings. The number of amides is 1. The number of thioether (sulfide) groups is 1. The molecule has 17 heavy (non-hydrogen) atoms. The summed E-state index contributed by atoms with van der Waals surface area (Å²) < 4.78 is 0. The van der Waals surface area contributed by atoms with Crippen LogP contribution in [-0.4, -0.2) is 22.9 Å². The topological polar surface area (TPSA) is 37.4 Å². The standard InChI is InChI=1S/C12H12ClNO2S/c1-7(2)14-9-5-8(12(13)16)3-4-10(9)17-6-11(14)15/h3-5,7H,6H2,1-2H3. The molecule has 5 heteroatoms. The number of nitrogens with zero attached hydrogens (tertiary/aromatic N) is 1. The summed E-state index contributed by atoms with van der Waals surface area (Å²) in [5.41, 5.74) is 1.21. The highest BCUT2D eigenvalue weighted by molar-refractivity contribution is 8.00. The lowest BCUT2D eigenvalue weighted by Crippen LogP contribution is -2.40. The molecule has 0 saturated carbocycles.